The number of thioether (sulfide) groups is 1. The van der Waals surface area contributed by atoms with Crippen LogP contribution in [0, 0.1) is 0 Å². The lowest BCUT2D eigenvalue weighted by molar-refractivity contribution is -0.0328. The lowest BCUT2D eigenvalue weighted by atomic mass is 10.1. The molecule has 0 aliphatic rings. The smallest absolute Gasteiger partial charge is 0.446 e. The molecule has 0 unspecified atom stereocenters. The topological polar surface area (TPSA) is 66.0 Å². The van der Waals surface area contributed by atoms with E-state index in [2.05, 4.69) is 10.2 Å². The van der Waals surface area contributed by atoms with Gasteiger partial charge < -0.3 is 5.11 Å². The molecule has 2 N–H and O–H groups in total. The molecule has 0 amide bonds. The molecule has 1 aromatic heterocycles. The zero-order valence-corrected chi connectivity index (χ0v) is 10.0. The second kappa shape index (κ2) is 4.96. The fourth-order valence-electron chi connectivity index (χ4n) is 1.49. The minimum atomic E-state index is -4.35. The van der Waals surface area contributed by atoms with Crippen molar-refractivity contribution >= 4 is 17.7 Å². The van der Waals surface area contributed by atoms with Crippen LogP contribution in [-0.2, 0) is 0 Å². The monoisotopic (exact) mass is 288 g/mol. The number of carbonyl (C=O) groups is 1. The number of hydrogen-bond acceptors (Lipinski definition) is 3. The average molecular weight is 288 g/mol. The van der Waals surface area contributed by atoms with E-state index in [0.717, 1.165) is 6.20 Å². The highest BCUT2D eigenvalue weighted by Gasteiger charge is 2.29. The van der Waals surface area contributed by atoms with Crippen LogP contribution >= 0.6 is 11.8 Å². The van der Waals surface area contributed by atoms with Gasteiger partial charge in [-0.05, 0) is 23.9 Å². The molecule has 1 heterocycles. The largest absolute Gasteiger partial charge is 0.478 e. The number of carboxylic acids is 1. The van der Waals surface area contributed by atoms with Crippen LogP contribution in [0.25, 0.3) is 11.3 Å². The number of aromatic carboxylic acids is 1. The Morgan fingerprint density at radius 3 is 2.42 bits per heavy atom. The van der Waals surface area contributed by atoms with Crippen LogP contribution in [0.5, 0.6) is 0 Å². The summed E-state index contributed by atoms with van der Waals surface area (Å²) in [5, 5.41) is 15.0. The summed E-state index contributed by atoms with van der Waals surface area (Å²) in [6.07, 6.45) is 1.15. The van der Waals surface area contributed by atoms with Crippen molar-refractivity contribution in [2.24, 2.45) is 0 Å². The lowest BCUT2D eigenvalue weighted by Crippen LogP contribution is -1.99. The van der Waals surface area contributed by atoms with E-state index in [4.69, 9.17) is 5.11 Å². The number of halogens is 3. The Morgan fingerprint density at radius 2 is 1.89 bits per heavy atom. The van der Waals surface area contributed by atoms with Crippen molar-refractivity contribution < 1.29 is 23.1 Å². The number of nitrogens with one attached hydrogen (secondary N) is 1. The summed E-state index contributed by atoms with van der Waals surface area (Å²) in [5.74, 6) is -1.16. The van der Waals surface area contributed by atoms with Gasteiger partial charge in [-0.15, -0.1) is 0 Å². The Hall–Kier alpha value is -1.96. The maximum absolute atomic E-state index is 12.2. The van der Waals surface area contributed by atoms with Gasteiger partial charge in [0.15, 0.2) is 0 Å². The molecule has 100 valence electrons. The van der Waals surface area contributed by atoms with E-state index in [1.807, 2.05) is 0 Å². The summed E-state index contributed by atoms with van der Waals surface area (Å²) < 4.78 is 36.5. The van der Waals surface area contributed by atoms with Crippen molar-refractivity contribution in [3.05, 3.63) is 36.0 Å². The van der Waals surface area contributed by atoms with Crippen LogP contribution in [0.2, 0.25) is 0 Å². The number of carboxylic acid groups (broad SMARTS) is 1. The summed E-state index contributed by atoms with van der Waals surface area (Å²) in [5.41, 5.74) is -3.66. The molecule has 0 fully saturated rings. The van der Waals surface area contributed by atoms with Crippen molar-refractivity contribution in [3.8, 4) is 11.3 Å². The molecule has 0 saturated carbocycles. The summed E-state index contributed by atoms with van der Waals surface area (Å²) in [7, 11) is 0. The maximum atomic E-state index is 12.2. The number of aromatic nitrogens is 2. The number of alkyl halides is 3. The molecule has 0 radical (unpaired) electrons. The minimum Gasteiger partial charge on any atom is -0.478 e. The van der Waals surface area contributed by atoms with E-state index in [1.165, 1.54) is 24.3 Å². The highest BCUT2D eigenvalue weighted by Crippen LogP contribution is 2.37. The van der Waals surface area contributed by atoms with Gasteiger partial charge in [-0.2, -0.15) is 18.3 Å². The van der Waals surface area contributed by atoms with Gasteiger partial charge in [-0.1, -0.05) is 12.1 Å². The minimum absolute atomic E-state index is 0.0313. The zero-order valence-electron chi connectivity index (χ0n) is 9.23. The van der Waals surface area contributed by atoms with E-state index in [0.29, 0.717) is 5.56 Å². The highest BCUT2D eigenvalue weighted by atomic mass is 32.2. The second-order valence-electron chi connectivity index (χ2n) is 3.54. The average Bonchev–Trinajstić information content (AvgIpc) is 2.76. The van der Waals surface area contributed by atoms with Gasteiger partial charge in [-0.3, -0.25) is 5.10 Å². The number of H-pyrrole nitrogens is 1. The van der Waals surface area contributed by atoms with E-state index in [9.17, 15) is 18.0 Å². The van der Waals surface area contributed by atoms with Crippen molar-refractivity contribution in [1.82, 2.24) is 10.2 Å². The fourth-order valence-corrected chi connectivity index (χ4v) is 2.03. The molecule has 2 aromatic rings. The molecule has 0 aliphatic heterocycles. The van der Waals surface area contributed by atoms with Gasteiger partial charge in [-0.25, -0.2) is 4.79 Å². The molecule has 2 rings (SSSR count). The first-order valence-electron chi connectivity index (χ1n) is 4.99. The number of rotatable bonds is 3. The van der Waals surface area contributed by atoms with Gasteiger partial charge in [0.1, 0.15) is 5.56 Å². The number of hydrogen-bond donors (Lipinski definition) is 2. The molecule has 4 nitrogen and oxygen atoms in total. The second-order valence-corrected chi connectivity index (χ2v) is 4.67. The third-order valence-corrected chi connectivity index (χ3v) is 2.99. The van der Waals surface area contributed by atoms with Gasteiger partial charge in [0.2, 0.25) is 0 Å². The highest BCUT2D eigenvalue weighted by molar-refractivity contribution is 8.00. The first kappa shape index (κ1) is 13.5. The van der Waals surface area contributed by atoms with Gasteiger partial charge in [0, 0.05) is 10.5 Å². The molecule has 1 aromatic carbocycles. The number of nitrogens with zero attached hydrogens (tertiary/aromatic N) is 1. The molecular formula is C11H7F3N2O2S. The van der Waals surface area contributed by atoms with Crippen LogP contribution < -0.4 is 0 Å². The van der Waals surface area contributed by atoms with Crippen LogP contribution in [0.3, 0.4) is 0 Å². The molecule has 0 bridgehead atoms. The summed E-state index contributed by atoms with van der Waals surface area (Å²) in [6.45, 7) is 0. The lowest BCUT2D eigenvalue weighted by Gasteiger charge is -2.06. The van der Waals surface area contributed by atoms with Crippen LogP contribution in [0.1, 0.15) is 10.4 Å². The predicted octanol–water partition coefficient (Wildman–Crippen LogP) is 3.39. The standard InChI is InChI=1S/C11H7F3N2O2S/c12-11(13,14)19-7-3-1-6(2-4-7)9-8(10(17)18)5-15-16-9/h1-5H,(H,15,16)(H,17,18). The SMILES string of the molecule is O=C(O)c1cn[nH]c1-c1ccc(SC(F)(F)F)cc1. The predicted molar refractivity (Wildman–Crippen MR) is 62.9 cm³/mol. The molecule has 8 heteroatoms. The zero-order chi connectivity index (χ0) is 14.0. The third-order valence-electron chi connectivity index (χ3n) is 2.25. The molecule has 19 heavy (non-hydrogen) atoms. The Balaban J connectivity index is 2.28. The molecular weight excluding hydrogens is 281 g/mol. The number of benzene rings is 1. The van der Waals surface area contributed by atoms with Crippen molar-refractivity contribution in [2.75, 3.05) is 0 Å². The van der Waals surface area contributed by atoms with Crippen LogP contribution in [-0.4, -0.2) is 26.8 Å². The van der Waals surface area contributed by atoms with E-state index in [-0.39, 0.29) is 27.9 Å². The fraction of sp³-hybridized carbons (Fsp3) is 0.0909. The Bertz CT molecular complexity index is 593. The van der Waals surface area contributed by atoms with Gasteiger partial charge >= 0.3 is 11.5 Å². The van der Waals surface area contributed by atoms with Gasteiger partial charge in [0.05, 0.1) is 11.9 Å². The van der Waals surface area contributed by atoms with E-state index >= 15 is 0 Å². The molecule has 0 aliphatic carbocycles. The third kappa shape index (κ3) is 3.28. The molecule has 0 atom stereocenters. The molecule has 0 saturated heterocycles. The number of aromatic amines is 1. The van der Waals surface area contributed by atoms with Crippen LogP contribution in [0.4, 0.5) is 13.2 Å². The Labute approximate surface area is 109 Å². The van der Waals surface area contributed by atoms with Crippen molar-refractivity contribution in [3.63, 3.8) is 0 Å². The summed E-state index contributed by atoms with van der Waals surface area (Å²) in [4.78, 5) is 10.9. The quantitative estimate of drug-likeness (QED) is 0.850. The maximum Gasteiger partial charge on any atom is 0.446 e. The first-order chi connectivity index (χ1) is 8.87. The normalized spacial score (nSPS) is 11.5. The Morgan fingerprint density at radius 1 is 1.26 bits per heavy atom. The molecule has 0 spiro atoms. The summed E-state index contributed by atoms with van der Waals surface area (Å²) >= 11 is -0.225. The van der Waals surface area contributed by atoms with Gasteiger partial charge in [0.25, 0.3) is 0 Å². The Kier molecular flexibility index (Phi) is 3.52. The van der Waals surface area contributed by atoms with Crippen LogP contribution in [0.15, 0.2) is 35.4 Å². The van der Waals surface area contributed by atoms with E-state index in [1.54, 1.807) is 0 Å². The van der Waals surface area contributed by atoms with Crippen molar-refractivity contribution in [2.45, 2.75) is 10.4 Å². The summed E-state index contributed by atoms with van der Waals surface area (Å²) in [6, 6.07) is 5.38. The van der Waals surface area contributed by atoms with Crippen molar-refractivity contribution in [1.29, 1.82) is 0 Å². The van der Waals surface area contributed by atoms with E-state index < -0.39 is 11.5 Å². The first-order valence-corrected chi connectivity index (χ1v) is 5.81.